The Morgan fingerprint density at radius 2 is 1.75 bits per heavy atom. The summed E-state index contributed by atoms with van der Waals surface area (Å²) in [5.74, 6) is 1.54. The zero-order valence-electron chi connectivity index (χ0n) is 16.3. The molecule has 0 bridgehead atoms. The van der Waals surface area contributed by atoms with Crippen LogP contribution in [-0.4, -0.2) is 41.5 Å². The highest BCUT2D eigenvalue weighted by molar-refractivity contribution is 5.78. The normalized spacial score (nSPS) is 21.9. The number of carbonyl (C=O) groups excluding carboxylic acids is 1. The molecule has 2 fully saturated rings. The zero-order chi connectivity index (χ0) is 19.2. The number of rotatable bonds is 8. The third-order valence-electron chi connectivity index (χ3n) is 5.73. The van der Waals surface area contributed by atoms with E-state index in [0.717, 1.165) is 37.2 Å². The third-order valence-corrected chi connectivity index (χ3v) is 5.73. The molecule has 1 aromatic carbocycles. The van der Waals surface area contributed by atoms with Crippen LogP contribution in [0.15, 0.2) is 48.8 Å². The van der Waals surface area contributed by atoms with Crippen LogP contribution in [0.1, 0.15) is 36.8 Å². The van der Waals surface area contributed by atoms with Crippen molar-refractivity contribution in [3.63, 3.8) is 0 Å². The molecule has 148 valence electrons. The van der Waals surface area contributed by atoms with Crippen molar-refractivity contribution in [2.45, 2.75) is 44.8 Å². The number of aromatic nitrogens is 1. The van der Waals surface area contributed by atoms with Gasteiger partial charge in [-0.3, -0.25) is 14.7 Å². The molecule has 4 rings (SSSR count). The van der Waals surface area contributed by atoms with Crippen molar-refractivity contribution in [2.24, 2.45) is 5.92 Å². The van der Waals surface area contributed by atoms with Gasteiger partial charge in [0.1, 0.15) is 5.75 Å². The first-order chi connectivity index (χ1) is 13.7. The molecule has 5 heteroatoms. The molecule has 1 amide bonds. The van der Waals surface area contributed by atoms with Gasteiger partial charge in [0.25, 0.3) is 0 Å². The summed E-state index contributed by atoms with van der Waals surface area (Å²) in [7, 11) is 0. The number of amides is 1. The summed E-state index contributed by atoms with van der Waals surface area (Å²) in [5.41, 5.74) is 2.35. The SMILES string of the molecule is O=C(Cc1ccncc1)NCC1CC(Oc2ccc(CN3CCCC3)cc2)C1. The van der Waals surface area contributed by atoms with Crippen molar-refractivity contribution in [1.82, 2.24) is 15.2 Å². The summed E-state index contributed by atoms with van der Waals surface area (Å²) in [6, 6.07) is 12.3. The number of benzene rings is 1. The predicted molar refractivity (Wildman–Crippen MR) is 109 cm³/mol. The van der Waals surface area contributed by atoms with Crippen LogP contribution >= 0.6 is 0 Å². The van der Waals surface area contributed by atoms with Gasteiger partial charge in [-0.2, -0.15) is 0 Å². The van der Waals surface area contributed by atoms with Gasteiger partial charge in [-0.05, 0) is 80.1 Å². The Labute approximate surface area is 167 Å². The van der Waals surface area contributed by atoms with Crippen LogP contribution in [0, 0.1) is 5.92 Å². The average molecular weight is 380 g/mol. The van der Waals surface area contributed by atoms with E-state index in [1.54, 1.807) is 12.4 Å². The number of likely N-dealkylation sites (tertiary alicyclic amines) is 1. The summed E-state index contributed by atoms with van der Waals surface area (Å²) in [6.07, 6.45) is 8.79. The highest BCUT2D eigenvalue weighted by atomic mass is 16.5. The van der Waals surface area contributed by atoms with Crippen molar-refractivity contribution >= 4 is 5.91 Å². The van der Waals surface area contributed by atoms with Gasteiger partial charge in [0.15, 0.2) is 0 Å². The smallest absolute Gasteiger partial charge is 0.224 e. The van der Waals surface area contributed by atoms with E-state index in [0.29, 0.717) is 12.3 Å². The molecule has 0 spiro atoms. The highest BCUT2D eigenvalue weighted by Crippen LogP contribution is 2.31. The second kappa shape index (κ2) is 9.20. The first kappa shape index (κ1) is 18.9. The van der Waals surface area contributed by atoms with E-state index in [9.17, 15) is 4.79 Å². The number of carbonyl (C=O) groups is 1. The lowest BCUT2D eigenvalue weighted by Gasteiger charge is -2.35. The first-order valence-corrected chi connectivity index (χ1v) is 10.4. The lowest BCUT2D eigenvalue weighted by atomic mass is 9.82. The van der Waals surface area contributed by atoms with Crippen LogP contribution in [0.3, 0.4) is 0 Å². The van der Waals surface area contributed by atoms with Crippen molar-refractivity contribution in [1.29, 1.82) is 0 Å². The van der Waals surface area contributed by atoms with E-state index in [-0.39, 0.29) is 12.0 Å². The number of nitrogens with zero attached hydrogens (tertiary/aromatic N) is 2. The Morgan fingerprint density at radius 1 is 1.04 bits per heavy atom. The van der Waals surface area contributed by atoms with Gasteiger partial charge in [0.05, 0.1) is 12.5 Å². The molecule has 2 aliphatic rings. The molecule has 28 heavy (non-hydrogen) atoms. The van der Waals surface area contributed by atoms with E-state index in [1.807, 2.05) is 12.1 Å². The minimum atomic E-state index is 0.0733. The molecule has 2 aromatic rings. The minimum Gasteiger partial charge on any atom is -0.490 e. The molecule has 5 nitrogen and oxygen atoms in total. The summed E-state index contributed by atoms with van der Waals surface area (Å²) >= 11 is 0. The number of hydrogen-bond donors (Lipinski definition) is 1. The number of pyridine rings is 1. The minimum absolute atomic E-state index is 0.0733. The van der Waals surface area contributed by atoms with Gasteiger partial charge in [-0.15, -0.1) is 0 Å². The summed E-state index contributed by atoms with van der Waals surface area (Å²) in [4.78, 5) is 18.5. The van der Waals surface area contributed by atoms with Crippen molar-refractivity contribution in [2.75, 3.05) is 19.6 Å². The van der Waals surface area contributed by atoms with E-state index >= 15 is 0 Å². The van der Waals surface area contributed by atoms with Gasteiger partial charge in [0, 0.05) is 25.5 Å². The van der Waals surface area contributed by atoms with E-state index < -0.39 is 0 Å². The summed E-state index contributed by atoms with van der Waals surface area (Å²) in [6.45, 7) is 4.23. The Kier molecular flexibility index (Phi) is 6.22. The fraction of sp³-hybridized carbons (Fsp3) is 0.478. The molecule has 1 aromatic heterocycles. The first-order valence-electron chi connectivity index (χ1n) is 10.4. The Bertz CT molecular complexity index is 751. The molecule has 1 N–H and O–H groups in total. The average Bonchev–Trinajstić information content (AvgIpc) is 3.18. The zero-order valence-corrected chi connectivity index (χ0v) is 16.3. The second-order valence-electron chi connectivity index (χ2n) is 8.04. The molecule has 2 heterocycles. The summed E-state index contributed by atoms with van der Waals surface area (Å²) < 4.78 is 6.07. The van der Waals surface area contributed by atoms with Gasteiger partial charge in [-0.25, -0.2) is 0 Å². The Hall–Kier alpha value is -2.40. The monoisotopic (exact) mass is 379 g/mol. The molecule has 0 radical (unpaired) electrons. The molecule has 1 aliphatic carbocycles. The second-order valence-corrected chi connectivity index (χ2v) is 8.04. The maximum atomic E-state index is 12.0. The van der Waals surface area contributed by atoms with Crippen molar-refractivity contribution in [3.05, 3.63) is 59.9 Å². The maximum absolute atomic E-state index is 12.0. The lowest BCUT2D eigenvalue weighted by Crippen LogP contribution is -2.41. The van der Waals surface area contributed by atoms with Crippen LogP contribution in [0.5, 0.6) is 5.75 Å². The Balaban J connectivity index is 1.13. The fourth-order valence-corrected chi connectivity index (χ4v) is 4.01. The van der Waals surface area contributed by atoms with Gasteiger partial charge >= 0.3 is 0 Å². The molecule has 1 saturated heterocycles. The molecule has 1 saturated carbocycles. The molecule has 0 atom stereocenters. The standard InChI is InChI=1S/C23H29N3O2/c27-23(15-18-7-9-24-10-8-18)25-16-20-13-22(14-20)28-21-5-3-19(4-6-21)17-26-11-1-2-12-26/h3-10,20,22H,1-2,11-17H2,(H,25,27). The quantitative estimate of drug-likeness (QED) is 0.765. The third kappa shape index (κ3) is 5.32. The Morgan fingerprint density at radius 3 is 2.46 bits per heavy atom. The van der Waals surface area contributed by atoms with E-state index in [1.165, 1.54) is 31.5 Å². The van der Waals surface area contributed by atoms with Crippen LogP contribution in [0.2, 0.25) is 0 Å². The largest absolute Gasteiger partial charge is 0.490 e. The molecule has 1 aliphatic heterocycles. The molecule has 0 unspecified atom stereocenters. The highest BCUT2D eigenvalue weighted by Gasteiger charge is 2.31. The van der Waals surface area contributed by atoms with Crippen molar-refractivity contribution < 1.29 is 9.53 Å². The van der Waals surface area contributed by atoms with Crippen LogP contribution in [0.25, 0.3) is 0 Å². The number of hydrogen-bond acceptors (Lipinski definition) is 4. The topological polar surface area (TPSA) is 54.5 Å². The van der Waals surface area contributed by atoms with Crippen LogP contribution in [0.4, 0.5) is 0 Å². The predicted octanol–water partition coefficient (Wildman–Crippen LogP) is 3.19. The van der Waals surface area contributed by atoms with Crippen LogP contribution in [-0.2, 0) is 17.8 Å². The van der Waals surface area contributed by atoms with Crippen LogP contribution < -0.4 is 10.1 Å². The van der Waals surface area contributed by atoms with E-state index in [4.69, 9.17) is 4.74 Å². The molecular formula is C23H29N3O2. The van der Waals surface area contributed by atoms with Gasteiger partial charge in [-0.1, -0.05) is 12.1 Å². The maximum Gasteiger partial charge on any atom is 0.224 e. The number of ether oxygens (including phenoxy) is 1. The van der Waals surface area contributed by atoms with Crippen molar-refractivity contribution in [3.8, 4) is 5.75 Å². The van der Waals surface area contributed by atoms with Gasteiger partial charge in [0.2, 0.25) is 5.91 Å². The number of nitrogens with one attached hydrogen (secondary N) is 1. The van der Waals surface area contributed by atoms with Gasteiger partial charge < -0.3 is 10.1 Å². The fourth-order valence-electron chi connectivity index (χ4n) is 4.01. The van der Waals surface area contributed by atoms with E-state index in [2.05, 4.69) is 39.5 Å². The molecular weight excluding hydrogens is 350 g/mol. The lowest BCUT2D eigenvalue weighted by molar-refractivity contribution is -0.121. The summed E-state index contributed by atoms with van der Waals surface area (Å²) in [5, 5.41) is 3.04.